The Bertz CT molecular complexity index is 288. The number of likely N-dealkylation sites (tertiary alicyclic amines) is 1. The summed E-state index contributed by atoms with van der Waals surface area (Å²) in [6, 6.07) is 0.840. The van der Waals surface area contributed by atoms with Crippen molar-refractivity contribution in [1.82, 2.24) is 20.0 Å². The molecule has 3 unspecified atom stereocenters. The van der Waals surface area contributed by atoms with Crippen LogP contribution in [0.4, 0.5) is 0 Å². The third kappa shape index (κ3) is 2.97. The topological polar surface area (TPSA) is 21.8 Å². The van der Waals surface area contributed by atoms with Crippen LogP contribution in [0.5, 0.6) is 0 Å². The molecule has 110 valence electrons. The van der Waals surface area contributed by atoms with Gasteiger partial charge in [0.15, 0.2) is 0 Å². The van der Waals surface area contributed by atoms with Gasteiger partial charge in [-0.3, -0.25) is 9.80 Å². The number of hydrogen-bond donors (Lipinski definition) is 1. The van der Waals surface area contributed by atoms with Crippen LogP contribution < -0.4 is 5.32 Å². The zero-order chi connectivity index (χ0) is 13.2. The van der Waals surface area contributed by atoms with Crippen LogP contribution in [-0.4, -0.2) is 86.7 Å². The van der Waals surface area contributed by atoms with Crippen LogP contribution in [0.15, 0.2) is 0 Å². The molecule has 3 rings (SSSR count). The Hall–Kier alpha value is -0.160. The van der Waals surface area contributed by atoms with Crippen LogP contribution in [0.2, 0.25) is 0 Å². The van der Waals surface area contributed by atoms with Gasteiger partial charge in [0.1, 0.15) is 0 Å². The highest BCUT2D eigenvalue weighted by atomic mass is 15.3. The maximum atomic E-state index is 3.58. The smallest absolute Gasteiger partial charge is 0.0137 e. The van der Waals surface area contributed by atoms with Gasteiger partial charge in [0, 0.05) is 51.9 Å². The second-order valence-corrected chi connectivity index (χ2v) is 6.70. The molecule has 3 atom stereocenters. The van der Waals surface area contributed by atoms with Crippen molar-refractivity contribution in [3.05, 3.63) is 0 Å². The normalized spacial score (nSPS) is 37.9. The summed E-state index contributed by atoms with van der Waals surface area (Å²) in [5.74, 6) is 1.86. The molecule has 0 radical (unpaired) electrons. The molecule has 0 aromatic rings. The molecule has 0 aliphatic carbocycles. The Labute approximate surface area is 118 Å². The Morgan fingerprint density at radius 3 is 2.58 bits per heavy atom. The fourth-order valence-corrected chi connectivity index (χ4v) is 4.27. The lowest BCUT2D eigenvalue weighted by molar-refractivity contribution is 0.126. The van der Waals surface area contributed by atoms with Gasteiger partial charge >= 0.3 is 0 Å². The van der Waals surface area contributed by atoms with Gasteiger partial charge in [-0.25, -0.2) is 0 Å². The summed E-state index contributed by atoms with van der Waals surface area (Å²) in [5.41, 5.74) is 0. The van der Waals surface area contributed by atoms with Crippen molar-refractivity contribution < 1.29 is 0 Å². The van der Waals surface area contributed by atoms with E-state index in [2.05, 4.69) is 34.0 Å². The quantitative estimate of drug-likeness (QED) is 0.783. The monoisotopic (exact) mass is 266 g/mol. The zero-order valence-electron chi connectivity index (χ0n) is 12.6. The molecule has 0 amide bonds. The van der Waals surface area contributed by atoms with Crippen LogP contribution in [0.25, 0.3) is 0 Å². The fourth-order valence-electron chi connectivity index (χ4n) is 4.27. The van der Waals surface area contributed by atoms with Gasteiger partial charge < -0.3 is 10.2 Å². The highest BCUT2D eigenvalue weighted by Gasteiger charge is 2.42. The van der Waals surface area contributed by atoms with Crippen LogP contribution >= 0.6 is 0 Å². The second-order valence-electron chi connectivity index (χ2n) is 6.70. The maximum absolute atomic E-state index is 3.58. The first kappa shape index (κ1) is 13.8. The first-order valence-electron chi connectivity index (χ1n) is 8.13. The largest absolute Gasteiger partial charge is 0.316 e. The molecular formula is C15H30N4. The molecular weight excluding hydrogens is 236 g/mol. The van der Waals surface area contributed by atoms with Gasteiger partial charge in [-0.05, 0) is 38.4 Å². The Kier molecular flexibility index (Phi) is 4.42. The van der Waals surface area contributed by atoms with Gasteiger partial charge in [0.2, 0.25) is 0 Å². The molecule has 0 aromatic carbocycles. The first-order chi connectivity index (χ1) is 9.28. The van der Waals surface area contributed by atoms with Crippen LogP contribution in [0.3, 0.4) is 0 Å². The molecule has 0 bridgehead atoms. The average molecular weight is 266 g/mol. The standard InChI is InChI=1S/C15H30N4/c1-3-15-14-11-16-10-13(14)12-19(15)9-8-18-6-4-17(2)5-7-18/h13-16H,3-12H2,1-2H3. The molecule has 4 heteroatoms. The van der Waals surface area contributed by atoms with E-state index >= 15 is 0 Å². The van der Waals surface area contributed by atoms with E-state index in [9.17, 15) is 0 Å². The summed E-state index contributed by atoms with van der Waals surface area (Å²) < 4.78 is 0. The molecule has 19 heavy (non-hydrogen) atoms. The molecule has 0 spiro atoms. The zero-order valence-corrected chi connectivity index (χ0v) is 12.6. The number of likely N-dealkylation sites (N-methyl/N-ethyl adjacent to an activating group) is 1. The van der Waals surface area contributed by atoms with E-state index in [1.165, 1.54) is 65.3 Å². The minimum atomic E-state index is 0.840. The van der Waals surface area contributed by atoms with Crippen molar-refractivity contribution in [3.63, 3.8) is 0 Å². The average Bonchev–Trinajstić information content (AvgIpc) is 2.98. The number of piperazine rings is 1. The van der Waals surface area contributed by atoms with E-state index in [1.54, 1.807) is 0 Å². The van der Waals surface area contributed by atoms with Gasteiger partial charge in [-0.15, -0.1) is 0 Å². The summed E-state index contributed by atoms with van der Waals surface area (Å²) in [6.07, 6.45) is 1.32. The van der Waals surface area contributed by atoms with E-state index < -0.39 is 0 Å². The third-order valence-electron chi connectivity index (χ3n) is 5.54. The molecule has 1 N–H and O–H groups in total. The SMILES string of the molecule is CCC1C2CNCC2CN1CCN1CCN(C)CC1. The summed E-state index contributed by atoms with van der Waals surface area (Å²) in [7, 11) is 2.24. The number of hydrogen-bond acceptors (Lipinski definition) is 4. The highest BCUT2D eigenvalue weighted by molar-refractivity contribution is 4.98. The highest BCUT2D eigenvalue weighted by Crippen LogP contribution is 2.33. The maximum Gasteiger partial charge on any atom is 0.0137 e. The van der Waals surface area contributed by atoms with Crippen molar-refractivity contribution in [2.24, 2.45) is 11.8 Å². The lowest BCUT2D eigenvalue weighted by Crippen LogP contribution is -2.48. The molecule has 0 aromatic heterocycles. The molecule has 4 nitrogen and oxygen atoms in total. The lowest BCUT2D eigenvalue weighted by atomic mass is 9.93. The molecule has 0 saturated carbocycles. The van der Waals surface area contributed by atoms with Gasteiger partial charge in [0.25, 0.3) is 0 Å². The lowest BCUT2D eigenvalue weighted by Gasteiger charge is -2.34. The summed E-state index contributed by atoms with van der Waals surface area (Å²) in [4.78, 5) is 7.88. The van der Waals surface area contributed by atoms with Gasteiger partial charge in [-0.1, -0.05) is 6.92 Å². The van der Waals surface area contributed by atoms with E-state index in [-0.39, 0.29) is 0 Å². The van der Waals surface area contributed by atoms with Crippen LogP contribution in [0.1, 0.15) is 13.3 Å². The number of nitrogens with one attached hydrogen (secondary N) is 1. The van der Waals surface area contributed by atoms with Crippen LogP contribution in [-0.2, 0) is 0 Å². The molecule has 3 saturated heterocycles. The third-order valence-corrected chi connectivity index (χ3v) is 5.54. The molecule has 3 heterocycles. The molecule has 3 aliphatic rings. The predicted molar refractivity (Wildman–Crippen MR) is 79.4 cm³/mol. The Balaban J connectivity index is 1.47. The van der Waals surface area contributed by atoms with E-state index in [0.29, 0.717) is 0 Å². The Morgan fingerprint density at radius 2 is 1.84 bits per heavy atom. The van der Waals surface area contributed by atoms with E-state index in [0.717, 1.165) is 17.9 Å². The number of fused-ring (bicyclic) bond motifs is 1. The predicted octanol–water partition coefficient (Wildman–Crippen LogP) is 0.164. The van der Waals surface area contributed by atoms with Gasteiger partial charge in [0.05, 0.1) is 0 Å². The minimum absolute atomic E-state index is 0.840. The van der Waals surface area contributed by atoms with Crippen LogP contribution in [0, 0.1) is 11.8 Å². The molecule has 3 aliphatic heterocycles. The van der Waals surface area contributed by atoms with Gasteiger partial charge in [-0.2, -0.15) is 0 Å². The summed E-state index contributed by atoms with van der Waals surface area (Å²) in [5, 5.41) is 3.58. The van der Waals surface area contributed by atoms with Crippen molar-refractivity contribution in [3.8, 4) is 0 Å². The number of nitrogens with zero attached hydrogens (tertiary/aromatic N) is 3. The summed E-state index contributed by atoms with van der Waals surface area (Å²) in [6.45, 7) is 13.8. The fraction of sp³-hybridized carbons (Fsp3) is 1.00. The van der Waals surface area contributed by atoms with Crippen molar-refractivity contribution in [2.75, 3.05) is 66.0 Å². The molecule has 3 fully saturated rings. The summed E-state index contributed by atoms with van der Waals surface area (Å²) >= 11 is 0. The van der Waals surface area contributed by atoms with E-state index in [4.69, 9.17) is 0 Å². The first-order valence-corrected chi connectivity index (χ1v) is 8.13. The minimum Gasteiger partial charge on any atom is -0.316 e. The van der Waals surface area contributed by atoms with Crippen molar-refractivity contribution in [2.45, 2.75) is 19.4 Å². The van der Waals surface area contributed by atoms with Crippen molar-refractivity contribution >= 4 is 0 Å². The van der Waals surface area contributed by atoms with Crippen molar-refractivity contribution in [1.29, 1.82) is 0 Å². The Morgan fingerprint density at radius 1 is 1.05 bits per heavy atom. The second kappa shape index (κ2) is 6.08. The van der Waals surface area contributed by atoms with E-state index in [1.807, 2.05) is 0 Å². The number of rotatable bonds is 4.